The monoisotopic (exact) mass is 396 g/mol. The second-order valence-electron chi connectivity index (χ2n) is 7.07. The van der Waals surface area contributed by atoms with Gasteiger partial charge in [0.25, 0.3) is 0 Å². The molecule has 3 aromatic heterocycles. The number of aryl methyl sites for hydroxylation is 1. The average Bonchev–Trinajstić information content (AvgIpc) is 3.43. The molecule has 0 aliphatic carbocycles. The molecule has 1 atom stereocenters. The van der Waals surface area contributed by atoms with Gasteiger partial charge in [0, 0.05) is 5.69 Å². The highest BCUT2D eigenvalue weighted by Gasteiger charge is 2.36. The van der Waals surface area contributed by atoms with Crippen LogP contribution < -0.4 is 9.80 Å². The van der Waals surface area contributed by atoms with E-state index >= 15 is 0 Å². The first-order valence-corrected chi connectivity index (χ1v) is 10.3. The van der Waals surface area contributed by atoms with Crippen molar-refractivity contribution in [3.63, 3.8) is 0 Å². The predicted octanol–water partition coefficient (Wildman–Crippen LogP) is 1.89. The second-order valence-corrected chi connectivity index (χ2v) is 8.08. The van der Waals surface area contributed by atoms with Crippen molar-refractivity contribution < 1.29 is 14.4 Å². The van der Waals surface area contributed by atoms with Crippen LogP contribution in [0.3, 0.4) is 0 Å². The molecule has 28 heavy (non-hydrogen) atoms. The number of furan rings is 1. The number of hydrogen-bond donors (Lipinski definition) is 2. The van der Waals surface area contributed by atoms with Crippen molar-refractivity contribution >= 4 is 22.0 Å². The number of benzene rings is 1. The zero-order valence-electron chi connectivity index (χ0n) is 15.6. The number of fused-ring (bicyclic) bond motifs is 1. The van der Waals surface area contributed by atoms with E-state index in [-0.39, 0.29) is 11.9 Å². The van der Waals surface area contributed by atoms with Crippen molar-refractivity contribution in [1.82, 2.24) is 14.6 Å². The van der Waals surface area contributed by atoms with Crippen LogP contribution >= 0.6 is 11.3 Å². The summed E-state index contributed by atoms with van der Waals surface area (Å²) in [7, 11) is 0. The quantitative estimate of drug-likeness (QED) is 0.551. The van der Waals surface area contributed by atoms with Crippen LogP contribution in [0.4, 0.5) is 5.69 Å². The molecule has 0 spiro atoms. The molecule has 5 rings (SSSR count). The molecule has 1 aromatic carbocycles. The van der Waals surface area contributed by atoms with Gasteiger partial charge in [0.05, 0.1) is 32.4 Å². The number of aromatic nitrogens is 3. The van der Waals surface area contributed by atoms with Gasteiger partial charge in [0.15, 0.2) is 11.8 Å². The van der Waals surface area contributed by atoms with Gasteiger partial charge >= 0.3 is 0 Å². The van der Waals surface area contributed by atoms with E-state index < -0.39 is 0 Å². The fraction of sp³-hybridized carbons (Fsp3) is 0.300. The van der Waals surface area contributed by atoms with E-state index in [4.69, 9.17) is 4.42 Å². The summed E-state index contributed by atoms with van der Waals surface area (Å²) < 4.78 is 7.31. The lowest BCUT2D eigenvalue weighted by Crippen LogP contribution is -3.15. The third-order valence-corrected chi connectivity index (χ3v) is 6.42. The minimum Gasteiger partial charge on any atom is -0.492 e. The molecule has 144 valence electrons. The van der Waals surface area contributed by atoms with Gasteiger partial charge in [-0.1, -0.05) is 29.5 Å². The van der Waals surface area contributed by atoms with E-state index in [1.165, 1.54) is 26.4 Å². The summed E-state index contributed by atoms with van der Waals surface area (Å²) in [6.45, 7) is 5.64. The Bertz CT molecular complexity index is 1070. The highest BCUT2D eigenvalue weighted by atomic mass is 32.1. The van der Waals surface area contributed by atoms with E-state index in [9.17, 15) is 5.11 Å². The molecule has 4 aromatic rings. The number of anilines is 1. The Morgan fingerprint density at radius 2 is 1.93 bits per heavy atom. The highest BCUT2D eigenvalue weighted by Crippen LogP contribution is 2.35. The van der Waals surface area contributed by atoms with Crippen molar-refractivity contribution in [3.8, 4) is 5.88 Å². The van der Waals surface area contributed by atoms with Crippen LogP contribution in [0.15, 0.2) is 53.1 Å². The van der Waals surface area contributed by atoms with Crippen LogP contribution in [-0.4, -0.2) is 45.9 Å². The SMILES string of the molecule is Cc1nc2sc([C@H](c3ccco3)[NH+]3CCN(c4ccccc4)CC3)c(O)n2n1. The average molecular weight is 396 g/mol. The Kier molecular flexibility index (Phi) is 4.29. The fourth-order valence-corrected chi connectivity index (χ4v) is 5.15. The number of quaternary nitrogens is 1. The van der Waals surface area contributed by atoms with Crippen LogP contribution in [0.2, 0.25) is 0 Å². The minimum atomic E-state index is -0.0678. The smallest absolute Gasteiger partial charge is 0.235 e. The number of nitrogens with zero attached hydrogens (tertiary/aromatic N) is 4. The first-order chi connectivity index (χ1) is 13.7. The van der Waals surface area contributed by atoms with Gasteiger partial charge in [-0.15, -0.1) is 5.10 Å². The summed E-state index contributed by atoms with van der Waals surface area (Å²) >= 11 is 1.49. The summed E-state index contributed by atoms with van der Waals surface area (Å²) in [5.41, 5.74) is 1.26. The maximum Gasteiger partial charge on any atom is 0.235 e. The third kappa shape index (κ3) is 2.94. The zero-order chi connectivity index (χ0) is 19.1. The first-order valence-electron chi connectivity index (χ1n) is 9.43. The number of aromatic hydroxyl groups is 1. The molecule has 0 bridgehead atoms. The lowest BCUT2D eigenvalue weighted by atomic mass is 10.1. The van der Waals surface area contributed by atoms with Gasteiger partial charge in [-0.3, -0.25) is 0 Å². The Labute approximate surface area is 166 Å². The molecule has 0 amide bonds. The van der Waals surface area contributed by atoms with Gasteiger partial charge in [0.2, 0.25) is 10.8 Å². The third-order valence-electron chi connectivity index (χ3n) is 5.33. The van der Waals surface area contributed by atoms with Gasteiger partial charge in [0.1, 0.15) is 10.7 Å². The normalized spacial score (nSPS) is 16.7. The van der Waals surface area contributed by atoms with E-state index in [0.717, 1.165) is 36.8 Å². The van der Waals surface area contributed by atoms with Gasteiger partial charge in [-0.25, -0.2) is 4.98 Å². The number of rotatable bonds is 4. The van der Waals surface area contributed by atoms with Crippen molar-refractivity contribution in [1.29, 1.82) is 0 Å². The lowest BCUT2D eigenvalue weighted by Gasteiger charge is -2.36. The van der Waals surface area contributed by atoms with E-state index in [1.807, 2.05) is 25.1 Å². The van der Waals surface area contributed by atoms with E-state index in [2.05, 4.69) is 39.2 Å². The molecular formula is C20H22N5O2S+. The Hall–Kier alpha value is -2.84. The molecule has 7 nitrogen and oxygen atoms in total. The standard InChI is InChI=1S/C20H21N5O2S/c1-14-21-20-25(22-14)19(26)18(28-20)17(16-8-5-13-27-16)24-11-9-23(10-12-24)15-6-3-2-4-7-15/h2-8,13,17,26H,9-12H2,1H3/p+1/t17-/m0/s1. The van der Waals surface area contributed by atoms with Gasteiger partial charge in [-0.05, 0) is 31.2 Å². The van der Waals surface area contributed by atoms with Gasteiger partial charge < -0.3 is 19.3 Å². The van der Waals surface area contributed by atoms with Crippen LogP contribution in [0, 0.1) is 6.92 Å². The molecule has 0 unspecified atom stereocenters. The second kappa shape index (κ2) is 6.96. The fourth-order valence-electron chi connectivity index (χ4n) is 3.99. The summed E-state index contributed by atoms with van der Waals surface area (Å²) in [4.78, 5) is 9.77. The molecule has 2 N–H and O–H groups in total. The van der Waals surface area contributed by atoms with Crippen molar-refractivity contribution in [2.24, 2.45) is 0 Å². The Morgan fingerprint density at radius 3 is 2.61 bits per heavy atom. The maximum absolute atomic E-state index is 10.8. The zero-order valence-corrected chi connectivity index (χ0v) is 16.4. The van der Waals surface area contributed by atoms with Crippen LogP contribution in [-0.2, 0) is 0 Å². The van der Waals surface area contributed by atoms with Crippen LogP contribution in [0.5, 0.6) is 5.88 Å². The van der Waals surface area contributed by atoms with Crippen LogP contribution in [0.1, 0.15) is 22.5 Å². The van der Waals surface area contributed by atoms with E-state index in [0.29, 0.717) is 10.8 Å². The molecule has 8 heteroatoms. The number of piperazine rings is 1. The molecule has 4 heterocycles. The Morgan fingerprint density at radius 1 is 1.14 bits per heavy atom. The van der Waals surface area contributed by atoms with Gasteiger partial charge in [-0.2, -0.15) is 4.52 Å². The number of hydrogen-bond acceptors (Lipinski definition) is 6. The molecule has 1 saturated heterocycles. The number of nitrogens with one attached hydrogen (secondary N) is 1. The maximum atomic E-state index is 10.8. The van der Waals surface area contributed by atoms with Crippen molar-refractivity contribution in [2.45, 2.75) is 13.0 Å². The first kappa shape index (κ1) is 17.3. The molecule has 0 saturated carbocycles. The molecule has 1 fully saturated rings. The summed E-state index contributed by atoms with van der Waals surface area (Å²) in [5.74, 6) is 1.69. The summed E-state index contributed by atoms with van der Waals surface area (Å²) in [6, 6.07) is 14.3. The molecule has 1 aliphatic rings. The summed E-state index contributed by atoms with van der Waals surface area (Å²) in [5, 5.41) is 15.1. The molecular weight excluding hydrogens is 374 g/mol. The number of para-hydroxylation sites is 1. The number of thiazole rings is 1. The van der Waals surface area contributed by atoms with Crippen molar-refractivity contribution in [2.75, 3.05) is 31.1 Å². The lowest BCUT2D eigenvalue weighted by molar-refractivity contribution is -0.926. The topological polar surface area (TPSA) is 71.2 Å². The molecule has 0 radical (unpaired) electrons. The van der Waals surface area contributed by atoms with E-state index in [1.54, 1.807) is 6.26 Å². The molecule has 1 aliphatic heterocycles. The predicted molar refractivity (Wildman–Crippen MR) is 107 cm³/mol. The highest BCUT2D eigenvalue weighted by molar-refractivity contribution is 7.17. The van der Waals surface area contributed by atoms with Crippen LogP contribution in [0.25, 0.3) is 4.96 Å². The minimum absolute atomic E-state index is 0.0678. The Balaban J connectivity index is 1.45. The van der Waals surface area contributed by atoms with Crippen molar-refractivity contribution in [3.05, 3.63) is 65.2 Å². The largest absolute Gasteiger partial charge is 0.492 e. The summed E-state index contributed by atoms with van der Waals surface area (Å²) in [6.07, 6.45) is 1.69.